The number of urea groups is 1. The molecule has 1 rings (SSSR count). The minimum absolute atomic E-state index is 0.0382. The lowest BCUT2D eigenvalue weighted by Gasteiger charge is -2.23. The number of hydrogen-bond acceptors (Lipinski definition) is 5. The average molecular weight is 253 g/mol. The summed E-state index contributed by atoms with van der Waals surface area (Å²) in [6.07, 6.45) is 1.27. The quantitative estimate of drug-likeness (QED) is 0.624. The summed E-state index contributed by atoms with van der Waals surface area (Å²) in [6.45, 7) is 3.39. The third-order valence-corrected chi connectivity index (χ3v) is 2.35. The number of carbonyl (C=O) groups is 3. The Bertz CT molecular complexity index is 431. The van der Waals surface area contributed by atoms with Crippen molar-refractivity contribution in [1.29, 1.82) is 0 Å². The van der Waals surface area contributed by atoms with Crippen molar-refractivity contribution in [3.8, 4) is 0 Å². The Labute approximate surface area is 104 Å². The van der Waals surface area contributed by atoms with Crippen molar-refractivity contribution in [2.24, 2.45) is 10.7 Å². The number of nitrogens with zero attached hydrogens (tertiary/aromatic N) is 4. The lowest BCUT2D eigenvalue weighted by molar-refractivity contribution is -0.125. The Balaban J connectivity index is 3.04. The number of aliphatic imine (C=N–C) groups is 1. The molecule has 0 aliphatic carbocycles. The fourth-order valence-corrected chi connectivity index (χ4v) is 1.35. The zero-order chi connectivity index (χ0) is 13.9. The second-order valence-electron chi connectivity index (χ2n) is 3.83. The van der Waals surface area contributed by atoms with Gasteiger partial charge in [-0.2, -0.15) is 0 Å². The minimum Gasteiger partial charge on any atom is -0.368 e. The Morgan fingerprint density at radius 1 is 1.50 bits per heavy atom. The molecule has 0 radical (unpaired) electrons. The number of nitrogens with two attached hydrogens (primary N) is 1. The zero-order valence-electron chi connectivity index (χ0n) is 10.3. The normalized spacial score (nSPS) is 17.7. The van der Waals surface area contributed by atoms with Crippen LogP contribution in [0.25, 0.3) is 0 Å². The van der Waals surface area contributed by atoms with Crippen molar-refractivity contribution in [2.75, 3.05) is 27.3 Å². The first kappa shape index (κ1) is 13.7. The maximum Gasteiger partial charge on any atom is 0.327 e. The topological polar surface area (TPSA) is 99.3 Å². The molecule has 4 amide bonds. The molecule has 0 aromatic carbocycles. The second-order valence-corrected chi connectivity index (χ2v) is 3.83. The Kier molecular flexibility index (Phi) is 4.03. The Morgan fingerprint density at radius 2 is 2.11 bits per heavy atom. The fourth-order valence-electron chi connectivity index (χ4n) is 1.35. The van der Waals surface area contributed by atoms with Crippen molar-refractivity contribution < 1.29 is 14.4 Å². The van der Waals surface area contributed by atoms with Crippen LogP contribution in [-0.4, -0.2) is 66.2 Å². The van der Waals surface area contributed by atoms with Gasteiger partial charge >= 0.3 is 6.03 Å². The highest BCUT2D eigenvalue weighted by Gasteiger charge is 2.26. The van der Waals surface area contributed by atoms with E-state index in [2.05, 4.69) is 11.6 Å². The van der Waals surface area contributed by atoms with E-state index in [0.29, 0.717) is 0 Å². The molecular weight excluding hydrogens is 238 g/mol. The van der Waals surface area contributed by atoms with Gasteiger partial charge in [0.05, 0.1) is 6.34 Å². The van der Waals surface area contributed by atoms with E-state index in [-0.39, 0.29) is 18.9 Å². The van der Waals surface area contributed by atoms with E-state index in [0.717, 1.165) is 4.90 Å². The maximum absolute atomic E-state index is 11.9. The van der Waals surface area contributed by atoms with Gasteiger partial charge in [-0.15, -0.1) is 0 Å². The summed E-state index contributed by atoms with van der Waals surface area (Å²) in [6, 6.07) is -0.501. The van der Waals surface area contributed by atoms with E-state index in [1.165, 1.54) is 30.2 Å². The van der Waals surface area contributed by atoms with E-state index < -0.39 is 17.8 Å². The van der Waals surface area contributed by atoms with Gasteiger partial charge in [0.15, 0.2) is 0 Å². The summed E-state index contributed by atoms with van der Waals surface area (Å²) in [5.74, 6) is -1.24. The van der Waals surface area contributed by atoms with E-state index in [4.69, 9.17) is 5.73 Å². The Hall–Kier alpha value is -2.38. The summed E-state index contributed by atoms with van der Waals surface area (Å²) >= 11 is 0. The van der Waals surface area contributed by atoms with Crippen molar-refractivity contribution >= 4 is 24.2 Å². The zero-order valence-corrected chi connectivity index (χ0v) is 10.3. The van der Waals surface area contributed by atoms with Gasteiger partial charge in [0.2, 0.25) is 5.91 Å². The van der Waals surface area contributed by atoms with E-state index in [1.54, 1.807) is 0 Å². The van der Waals surface area contributed by atoms with Gasteiger partial charge in [-0.3, -0.25) is 19.5 Å². The number of primary amides is 1. The number of imide groups is 1. The molecule has 0 aromatic rings. The molecule has 0 spiro atoms. The van der Waals surface area contributed by atoms with Crippen molar-refractivity contribution in [3.63, 3.8) is 0 Å². The molecular formula is C10H15N5O3. The van der Waals surface area contributed by atoms with Gasteiger partial charge in [-0.05, 0) is 0 Å². The van der Waals surface area contributed by atoms with Crippen LogP contribution in [0.3, 0.4) is 0 Å². The van der Waals surface area contributed by atoms with Gasteiger partial charge in [0.25, 0.3) is 5.91 Å². The Morgan fingerprint density at radius 3 is 2.67 bits per heavy atom. The van der Waals surface area contributed by atoms with Crippen molar-refractivity contribution in [3.05, 3.63) is 12.3 Å². The first-order chi connectivity index (χ1) is 8.34. The molecule has 0 saturated carbocycles. The highest BCUT2D eigenvalue weighted by Crippen LogP contribution is 2.07. The SMILES string of the molecule is C=C1C(=O)N(C)C(=O)N(C)CN=CN1CC(N)=O. The second kappa shape index (κ2) is 5.30. The molecule has 0 fully saturated rings. The first-order valence-corrected chi connectivity index (χ1v) is 5.11. The van der Waals surface area contributed by atoms with E-state index in [1.807, 2.05) is 0 Å². The van der Waals surface area contributed by atoms with Gasteiger partial charge in [0.1, 0.15) is 18.9 Å². The van der Waals surface area contributed by atoms with Crippen LogP contribution in [0, 0.1) is 0 Å². The lowest BCUT2D eigenvalue weighted by atomic mass is 10.3. The largest absolute Gasteiger partial charge is 0.368 e. The molecule has 1 aliphatic heterocycles. The van der Waals surface area contributed by atoms with Gasteiger partial charge in [-0.1, -0.05) is 6.58 Å². The van der Waals surface area contributed by atoms with Crippen LogP contribution in [0.1, 0.15) is 0 Å². The molecule has 2 N–H and O–H groups in total. The third kappa shape index (κ3) is 2.84. The minimum atomic E-state index is -0.628. The molecule has 18 heavy (non-hydrogen) atoms. The molecule has 0 unspecified atom stereocenters. The number of amides is 4. The molecule has 1 aliphatic rings. The molecule has 8 heteroatoms. The van der Waals surface area contributed by atoms with Crippen LogP contribution in [0.15, 0.2) is 17.3 Å². The summed E-state index contributed by atoms with van der Waals surface area (Å²) in [5, 5.41) is 0. The molecule has 98 valence electrons. The maximum atomic E-state index is 11.9. The fraction of sp³-hybridized carbons (Fsp3) is 0.400. The van der Waals surface area contributed by atoms with Gasteiger partial charge < -0.3 is 15.5 Å². The highest BCUT2D eigenvalue weighted by atomic mass is 16.2. The van der Waals surface area contributed by atoms with Gasteiger partial charge in [-0.25, -0.2) is 4.79 Å². The van der Waals surface area contributed by atoms with Crippen molar-refractivity contribution in [1.82, 2.24) is 14.7 Å². The predicted molar refractivity (Wildman–Crippen MR) is 64.3 cm³/mol. The van der Waals surface area contributed by atoms with E-state index in [9.17, 15) is 14.4 Å². The average Bonchev–Trinajstić information content (AvgIpc) is 2.34. The summed E-state index contributed by atoms with van der Waals surface area (Å²) in [4.78, 5) is 41.9. The van der Waals surface area contributed by atoms with Gasteiger partial charge in [0, 0.05) is 14.1 Å². The molecule has 1 heterocycles. The smallest absolute Gasteiger partial charge is 0.327 e. The van der Waals surface area contributed by atoms with Crippen molar-refractivity contribution in [2.45, 2.75) is 0 Å². The number of carbonyl (C=O) groups excluding carboxylic acids is 3. The van der Waals surface area contributed by atoms with E-state index >= 15 is 0 Å². The number of rotatable bonds is 2. The predicted octanol–water partition coefficient (Wildman–Crippen LogP) is -1.20. The van der Waals surface area contributed by atoms with Crippen LogP contribution < -0.4 is 5.73 Å². The number of hydrogen-bond donors (Lipinski definition) is 1. The summed E-state index contributed by atoms with van der Waals surface area (Å²) in [5.41, 5.74) is 5.03. The van der Waals surface area contributed by atoms with Crippen LogP contribution >= 0.6 is 0 Å². The lowest BCUT2D eigenvalue weighted by Crippen LogP contribution is -2.44. The first-order valence-electron chi connectivity index (χ1n) is 5.11. The standard InChI is InChI=1S/C10H15N5O3/c1-7-9(17)14(3)10(18)13(2)5-12-6-15(7)4-8(11)16/h6H,1,4-5H2,2-3H3,(H2,11,16). The van der Waals surface area contributed by atoms with Crippen LogP contribution in [0.5, 0.6) is 0 Å². The molecule has 8 nitrogen and oxygen atoms in total. The third-order valence-electron chi connectivity index (χ3n) is 2.35. The monoisotopic (exact) mass is 253 g/mol. The van der Waals surface area contributed by atoms with Crippen LogP contribution in [-0.2, 0) is 9.59 Å². The molecule has 0 saturated heterocycles. The number of likely N-dealkylation sites (N-methyl/N-ethyl adjacent to an activating group) is 1. The molecule has 0 atom stereocenters. The molecule has 0 aromatic heterocycles. The highest BCUT2D eigenvalue weighted by molar-refractivity contribution is 6.04. The molecule has 0 bridgehead atoms. The van der Waals surface area contributed by atoms with Crippen LogP contribution in [0.4, 0.5) is 4.79 Å². The van der Waals surface area contributed by atoms with Crippen LogP contribution in [0.2, 0.25) is 0 Å². The summed E-state index contributed by atoms with van der Waals surface area (Å²) < 4.78 is 0. The summed E-state index contributed by atoms with van der Waals surface area (Å²) in [7, 11) is 2.84.